The lowest BCUT2D eigenvalue weighted by Gasteiger charge is -2.40. The van der Waals surface area contributed by atoms with E-state index in [0.29, 0.717) is 53.3 Å². The van der Waals surface area contributed by atoms with Gasteiger partial charge in [0.1, 0.15) is 5.82 Å². The number of ether oxygens (including phenoxy) is 3. The molecule has 0 radical (unpaired) electrons. The molecule has 0 amide bonds. The van der Waals surface area contributed by atoms with Crippen molar-refractivity contribution in [1.29, 1.82) is 0 Å². The summed E-state index contributed by atoms with van der Waals surface area (Å²) >= 11 is 0. The molecule has 0 fully saturated rings. The molecule has 35 heavy (non-hydrogen) atoms. The Morgan fingerprint density at radius 1 is 1.09 bits per heavy atom. The second-order valence-corrected chi connectivity index (χ2v) is 9.91. The van der Waals surface area contributed by atoms with E-state index < -0.39 is 21.9 Å². The monoisotopic (exact) mass is 497 g/mol. The first-order valence-electron chi connectivity index (χ1n) is 10.9. The summed E-state index contributed by atoms with van der Waals surface area (Å²) in [6, 6.07) is 11.0. The van der Waals surface area contributed by atoms with E-state index in [1.807, 2.05) is 0 Å². The molecule has 10 nitrogen and oxygen atoms in total. The zero-order valence-corrected chi connectivity index (χ0v) is 19.6. The summed E-state index contributed by atoms with van der Waals surface area (Å²) in [6.45, 7) is 0.0838. The van der Waals surface area contributed by atoms with Gasteiger partial charge in [-0.15, -0.1) is 0 Å². The largest absolute Gasteiger partial charge is 0.466 e. The van der Waals surface area contributed by atoms with Gasteiger partial charge in [-0.1, -0.05) is 6.07 Å². The number of primary sulfonamides is 1. The Kier molecular flexibility index (Phi) is 5.53. The molecular weight excluding hydrogens is 474 g/mol. The Labute approximate surface area is 201 Å². The maximum atomic E-state index is 13.3. The van der Waals surface area contributed by atoms with Crippen molar-refractivity contribution in [2.45, 2.75) is 30.1 Å². The fourth-order valence-corrected chi connectivity index (χ4v) is 5.32. The smallest absolute Gasteiger partial charge is 0.338 e. The SMILES string of the molecule is COC(=O)C1=C(N)N(c2ccc(S(N)(=O)=O)cc2)C2=C(C(=O)CCC2)[C@H]1c1ccc2c(c1)OCO2. The average Bonchev–Trinajstić information content (AvgIpc) is 3.30. The molecule has 2 aromatic rings. The number of sulfonamides is 1. The molecule has 1 atom stereocenters. The number of ketones is 1. The first-order chi connectivity index (χ1) is 16.7. The zero-order valence-electron chi connectivity index (χ0n) is 18.8. The first-order valence-corrected chi connectivity index (χ1v) is 12.4. The van der Waals surface area contributed by atoms with Crippen LogP contribution in [0.5, 0.6) is 11.5 Å². The summed E-state index contributed by atoms with van der Waals surface area (Å²) < 4.78 is 39.4. The number of nitrogens with two attached hydrogens (primary N) is 2. The standard InChI is InChI=1S/C24H23N3O7S/c1-32-24(29)22-20(13-5-10-18-19(11-13)34-12-33-18)21-16(3-2-4-17(21)28)27(23(22)25)14-6-8-15(9-7-14)35(26,30)31/h5-11,20H,2-4,12,25H2,1H3,(H2,26,30,31)/t20-/m1/s1. The minimum Gasteiger partial charge on any atom is -0.466 e. The Hall–Kier alpha value is -3.83. The Morgan fingerprint density at radius 3 is 2.49 bits per heavy atom. The predicted octanol–water partition coefficient (Wildman–Crippen LogP) is 2.02. The molecule has 0 saturated carbocycles. The number of hydrogen-bond donors (Lipinski definition) is 2. The highest BCUT2D eigenvalue weighted by Gasteiger charge is 2.43. The van der Waals surface area contributed by atoms with E-state index in [4.69, 9.17) is 25.1 Å². The minimum absolute atomic E-state index is 0.0684. The molecule has 182 valence electrons. The van der Waals surface area contributed by atoms with Gasteiger partial charge in [0.25, 0.3) is 0 Å². The van der Waals surface area contributed by atoms with Crippen molar-refractivity contribution in [3.8, 4) is 11.5 Å². The van der Waals surface area contributed by atoms with E-state index in [9.17, 15) is 18.0 Å². The number of carbonyl (C=O) groups is 2. The van der Waals surface area contributed by atoms with E-state index in [1.54, 1.807) is 23.1 Å². The van der Waals surface area contributed by atoms with Crippen molar-refractivity contribution >= 4 is 27.5 Å². The molecule has 4 N–H and O–H groups in total. The van der Waals surface area contributed by atoms with Crippen LogP contribution in [0.15, 0.2) is 70.0 Å². The molecule has 0 spiro atoms. The van der Waals surface area contributed by atoms with Crippen LogP contribution in [0, 0.1) is 0 Å². The minimum atomic E-state index is -3.90. The molecule has 0 aromatic heterocycles. The number of benzene rings is 2. The maximum Gasteiger partial charge on any atom is 0.338 e. The second-order valence-electron chi connectivity index (χ2n) is 8.35. The molecule has 0 unspecified atom stereocenters. The van der Waals surface area contributed by atoms with E-state index >= 15 is 0 Å². The number of fused-ring (bicyclic) bond motifs is 1. The molecule has 0 bridgehead atoms. The summed E-state index contributed by atoms with van der Waals surface area (Å²) in [7, 11) is -2.65. The lowest BCUT2D eigenvalue weighted by atomic mass is 9.75. The number of allylic oxidation sites excluding steroid dienone is 2. The molecule has 3 aliphatic rings. The maximum absolute atomic E-state index is 13.3. The zero-order chi connectivity index (χ0) is 24.9. The highest BCUT2D eigenvalue weighted by Crippen LogP contribution is 2.48. The molecule has 0 saturated heterocycles. The van der Waals surface area contributed by atoms with Crippen molar-refractivity contribution in [1.82, 2.24) is 0 Å². The van der Waals surface area contributed by atoms with Gasteiger partial charge < -0.3 is 19.9 Å². The van der Waals surface area contributed by atoms with Gasteiger partial charge in [0.2, 0.25) is 16.8 Å². The van der Waals surface area contributed by atoms with Crippen LogP contribution in [0.4, 0.5) is 5.69 Å². The van der Waals surface area contributed by atoms with Crippen LogP contribution in [0.1, 0.15) is 30.7 Å². The van der Waals surface area contributed by atoms with Gasteiger partial charge in [-0.25, -0.2) is 18.4 Å². The summed E-state index contributed by atoms with van der Waals surface area (Å²) in [5, 5.41) is 5.23. The van der Waals surface area contributed by atoms with Gasteiger partial charge in [-0.3, -0.25) is 9.69 Å². The number of Topliss-reactive ketones (excluding diaryl/α,β-unsaturated/α-hetero) is 1. The van der Waals surface area contributed by atoms with Crippen LogP contribution in [-0.2, 0) is 24.3 Å². The molecule has 1 aliphatic carbocycles. The lowest BCUT2D eigenvalue weighted by Crippen LogP contribution is -2.40. The van der Waals surface area contributed by atoms with Crippen molar-refractivity contribution < 1.29 is 32.2 Å². The highest BCUT2D eigenvalue weighted by molar-refractivity contribution is 7.89. The van der Waals surface area contributed by atoms with Crippen molar-refractivity contribution in [3.05, 3.63) is 70.7 Å². The van der Waals surface area contributed by atoms with E-state index in [2.05, 4.69) is 0 Å². The number of rotatable bonds is 4. The van der Waals surface area contributed by atoms with Crippen LogP contribution in [0.2, 0.25) is 0 Å². The number of esters is 1. The van der Waals surface area contributed by atoms with Crippen LogP contribution < -0.4 is 25.2 Å². The third-order valence-electron chi connectivity index (χ3n) is 6.35. The third-order valence-corrected chi connectivity index (χ3v) is 7.28. The highest BCUT2D eigenvalue weighted by atomic mass is 32.2. The van der Waals surface area contributed by atoms with Crippen LogP contribution in [-0.4, -0.2) is 34.1 Å². The fourth-order valence-electron chi connectivity index (χ4n) is 4.80. The summed E-state index contributed by atoms with van der Waals surface area (Å²) in [5.41, 5.74) is 8.94. The van der Waals surface area contributed by atoms with Gasteiger partial charge >= 0.3 is 5.97 Å². The summed E-state index contributed by atoms with van der Waals surface area (Å²) in [4.78, 5) is 27.9. The van der Waals surface area contributed by atoms with E-state index in [1.165, 1.54) is 31.4 Å². The van der Waals surface area contributed by atoms with Crippen molar-refractivity contribution in [2.24, 2.45) is 10.9 Å². The Bertz CT molecular complexity index is 1410. The normalized spacial score (nSPS) is 19.7. The number of methoxy groups -OCH3 is 1. The topological polar surface area (TPSA) is 151 Å². The molecule has 5 rings (SSSR count). The summed E-state index contributed by atoms with van der Waals surface area (Å²) in [5.74, 6) is -0.371. The quantitative estimate of drug-likeness (QED) is 0.604. The Balaban J connectivity index is 1.72. The van der Waals surface area contributed by atoms with Crippen LogP contribution >= 0.6 is 0 Å². The van der Waals surface area contributed by atoms with Crippen molar-refractivity contribution in [2.75, 3.05) is 18.8 Å². The number of carbonyl (C=O) groups excluding carboxylic acids is 2. The van der Waals surface area contributed by atoms with Crippen LogP contribution in [0.3, 0.4) is 0 Å². The van der Waals surface area contributed by atoms with E-state index in [-0.39, 0.29) is 28.9 Å². The molecule has 11 heteroatoms. The Morgan fingerprint density at radius 2 is 1.80 bits per heavy atom. The molecular formula is C24H23N3O7S. The van der Waals surface area contributed by atoms with Gasteiger partial charge in [-0.05, 0) is 54.8 Å². The molecule has 2 aromatic carbocycles. The number of hydrogen-bond acceptors (Lipinski definition) is 9. The fraction of sp³-hybridized carbons (Fsp3) is 0.250. The van der Waals surface area contributed by atoms with Crippen LogP contribution in [0.25, 0.3) is 0 Å². The predicted molar refractivity (Wildman–Crippen MR) is 125 cm³/mol. The number of nitrogens with zero attached hydrogens (tertiary/aromatic N) is 1. The molecule has 2 heterocycles. The summed E-state index contributed by atoms with van der Waals surface area (Å²) in [6.07, 6.45) is 1.47. The van der Waals surface area contributed by atoms with E-state index in [0.717, 1.165) is 0 Å². The molecule has 2 aliphatic heterocycles. The van der Waals surface area contributed by atoms with Gasteiger partial charge in [0.15, 0.2) is 17.3 Å². The third kappa shape index (κ3) is 3.82. The van der Waals surface area contributed by atoms with Gasteiger partial charge in [0.05, 0.1) is 23.5 Å². The van der Waals surface area contributed by atoms with Crippen molar-refractivity contribution in [3.63, 3.8) is 0 Å². The number of anilines is 1. The lowest BCUT2D eigenvalue weighted by molar-refractivity contribution is -0.136. The average molecular weight is 498 g/mol. The van der Waals surface area contributed by atoms with Gasteiger partial charge in [0, 0.05) is 23.4 Å². The first kappa shape index (κ1) is 22.9. The second kappa shape index (κ2) is 8.43. The van der Waals surface area contributed by atoms with Gasteiger partial charge in [-0.2, -0.15) is 0 Å².